The van der Waals surface area contributed by atoms with Crippen LogP contribution in [0.1, 0.15) is 68.2 Å². The number of carbonyl (C=O) groups is 1. The van der Waals surface area contributed by atoms with Crippen molar-refractivity contribution in [2.45, 2.75) is 76.2 Å². The summed E-state index contributed by atoms with van der Waals surface area (Å²) in [7, 11) is 0. The fourth-order valence-corrected chi connectivity index (χ4v) is 4.52. The molecule has 2 amide bonds. The lowest BCUT2D eigenvalue weighted by atomic mass is 9.89. The summed E-state index contributed by atoms with van der Waals surface area (Å²) < 4.78 is 11.5. The predicted octanol–water partition coefficient (Wildman–Crippen LogP) is 3.61. The molecule has 0 aromatic heterocycles. The highest BCUT2D eigenvalue weighted by Crippen LogP contribution is 2.35. The topological polar surface area (TPSA) is 59.6 Å². The third kappa shape index (κ3) is 3.89. The highest BCUT2D eigenvalue weighted by molar-refractivity contribution is 5.74. The van der Waals surface area contributed by atoms with Gasteiger partial charge in [-0.15, -0.1) is 0 Å². The molecule has 26 heavy (non-hydrogen) atoms. The molecule has 0 radical (unpaired) electrons. The number of nitrogens with one attached hydrogen (secondary N) is 2. The highest BCUT2D eigenvalue weighted by atomic mass is 16.7. The maximum absolute atomic E-state index is 12.4. The fraction of sp³-hybridized carbons (Fsp3) is 0.667. The molecule has 2 aliphatic carbocycles. The highest BCUT2D eigenvalue weighted by Gasteiger charge is 2.40. The van der Waals surface area contributed by atoms with Gasteiger partial charge in [0, 0.05) is 18.9 Å². The van der Waals surface area contributed by atoms with Crippen molar-refractivity contribution in [3.8, 4) is 0 Å². The summed E-state index contributed by atoms with van der Waals surface area (Å²) in [5, 5.41) is 6.23. The zero-order valence-corrected chi connectivity index (χ0v) is 15.7. The largest absolute Gasteiger partial charge is 0.348 e. The van der Waals surface area contributed by atoms with Gasteiger partial charge in [0.15, 0.2) is 5.79 Å². The first-order valence-corrected chi connectivity index (χ1v) is 10.1. The summed E-state index contributed by atoms with van der Waals surface area (Å²) >= 11 is 0. The van der Waals surface area contributed by atoms with Gasteiger partial charge in [-0.1, -0.05) is 18.2 Å². The van der Waals surface area contributed by atoms with Crippen LogP contribution >= 0.6 is 0 Å². The van der Waals surface area contributed by atoms with Crippen LogP contribution in [0.3, 0.4) is 0 Å². The van der Waals surface area contributed by atoms with E-state index in [2.05, 4.69) is 35.8 Å². The quantitative estimate of drug-likeness (QED) is 0.868. The molecule has 1 spiro atoms. The Hall–Kier alpha value is -1.59. The van der Waals surface area contributed by atoms with E-state index < -0.39 is 0 Å². The second kappa shape index (κ2) is 7.57. The van der Waals surface area contributed by atoms with Gasteiger partial charge in [0.2, 0.25) is 0 Å². The first-order valence-electron chi connectivity index (χ1n) is 10.1. The van der Waals surface area contributed by atoms with Gasteiger partial charge >= 0.3 is 6.03 Å². The van der Waals surface area contributed by atoms with E-state index in [1.807, 2.05) is 0 Å². The normalized spacial score (nSPS) is 23.4. The van der Waals surface area contributed by atoms with Gasteiger partial charge in [0.1, 0.15) is 0 Å². The second-order valence-electron chi connectivity index (χ2n) is 7.96. The predicted molar refractivity (Wildman–Crippen MR) is 100 cm³/mol. The van der Waals surface area contributed by atoms with Crippen LogP contribution in [-0.4, -0.2) is 31.1 Å². The Bertz CT molecular complexity index is 645. The Morgan fingerprint density at radius 2 is 1.81 bits per heavy atom. The Kier molecular flexibility index (Phi) is 5.18. The summed E-state index contributed by atoms with van der Waals surface area (Å²) in [6.07, 6.45) is 8.44. The molecule has 3 aliphatic rings. The van der Waals surface area contributed by atoms with Crippen molar-refractivity contribution in [1.29, 1.82) is 0 Å². The van der Waals surface area contributed by atoms with Crippen LogP contribution in [0.25, 0.3) is 0 Å². The van der Waals surface area contributed by atoms with E-state index in [1.54, 1.807) is 0 Å². The van der Waals surface area contributed by atoms with Crippen molar-refractivity contribution in [3.63, 3.8) is 0 Å². The monoisotopic (exact) mass is 358 g/mol. The minimum atomic E-state index is -0.370. The third-order valence-electron chi connectivity index (χ3n) is 6.12. The molecule has 1 aromatic rings. The summed E-state index contributed by atoms with van der Waals surface area (Å²) in [6.45, 7) is 3.44. The molecule has 1 unspecified atom stereocenters. The maximum Gasteiger partial charge on any atom is 0.315 e. The van der Waals surface area contributed by atoms with Crippen LogP contribution in [0.4, 0.5) is 4.79 Å². The molecule has 2 fully saturated rings. The zero-order chi connectivity index (χ0) is 18.0. The van der Waals surface area contributed by atoms with Crippen LogP contribution in [0, 0.1) is 0 Å². The number of benzene rings is 1. The molecule has 1 saturated carbocycles. The first-order chi connectivity index (χ1) is 12.6. The van der Waals surface area contributed by atoms with Crippen LogP contribution in [0.2, 0.25) is 0 Å². The molecule has 0 bridgehead atoms. The number of amides is 2. The van der Waals surface area contributed by atoms with E-state index >= 15 is 0 Å². The average Bonchev–Trinajstić information content (AvgIpc) is 3.11. The van der Waals surface area contributed by atoms with Gasteiger partial charge < -0.3 is 20.1 Å². The minimum Gasteiger partial charge on any atom is -0.348 e. The lowest BCUT2D eigenvalue weighted by Gasteiger charge is -2.35. The number of hydrogen-bond donors (Lipinski definition) is 2. The van der Waals surface area contributed by atoms with Gasteiger partial charge in [-0.2, -0.15) is 0 Å². The lowest BCUT2D eigenvalue weighted by molar-refractivity contribution is -0.179. The zero-order valence-electron chi connectivity index (χ0n) is 15.7. The Balaban J connectivity index is 1.28. The first kappa shape index (κ1) is 17.8. The molecule has 1 heterocycles. The molecule has 5 heteroatoms. The molecule has 1 saturated heterocycles. The van der Waals surface area contributed by atoms with Crippen molar-refractivity contribution in [3.05, 3.63) is 34.9 Å². The smallest absolute Gasteiger partial charge is 0.315 e. The Labute approximate surface area is 155 Å². The van der Waals surface area contributed by atoms with Gasteiger partial charge in [-0.05, 0) is 62.1 Å². The average molecular weight is 358 g/mol. The number of ether oxygens (including phenoxy) is 2. The molecule has 1 aromatic carbocycles. The van der Waals surface area contributed by atoms with Gasteiger partial charge in [0.05, 0.1) is 19.3 Å². The van der Waals surface area contributed by atoms with E-state index in [1.165, 1.54) is 36.0 Å². The minimum absolute atomic E-state index is 0.0126. The number of aryl methyl sites for hydroxylation is 2. The summed E-state index contributed by atoms with van der Waals surface area (Å²) in [4.78, 5) is 12.4. The molecule has 142 valence electrons. The van der Waals surface area contributed by atoms with E-state index in [-0.39, 0.29) is 23.9 Å². The summed E-state index contributed by atoms with van der Waals surface area (Å²) in [6, 6.07) is 6.81. The fourth-order valence-electron chi connectivity index (χ4n) is 4.52. The van der Waals surface area contributed by atoms with Crippen molar-refractivity contribution in [2.24, 2.45) is 0 Å². The Morgan fingerprint density at radius 3 is 2.54 bits per heavy atom. The van der Waals surface area contributed by atoms with E-state index in [0.29, 0.717) is 13.2 Å². The Morgan fingerprint density at radius 1 is 1.12 bits per heavy atom. The number of urea groups is 1. The maximum atomic E-state index is 12.4. The van der Waals surface area contributed by atoms with E-state index in [4.69, 9.17) is 9.47 Å². The third-order valence-corrected chi connectivity index (χ3v) is 6.12. The SMILES string of the molecule is CC(NC(=O)NC1CCC2(CC1)OCCO2)c1ccc2c(c1)CCCC2. The van der Waals surface area contributed by atoms with Crippen molar-refractivity contribution in [2.75, 3.05) is 13.2 Å². The molecule has 2 N–H and O–H groups in total. The number of hydrogen-bond acceptors (Lipinski definition) is 3. The number of rotatable bonds is 3. The molecule has 5 nitrogen and oxygen atoms in total. The molecule has 4 rings (SSSR count). The van der Waals surface area contributed by atoms with Crippen LogP contribution in [0.5, 0.6) is 0 Å². The number of carbonyl (C=O) groups excluding carboxylic acids is 1. The summed E-state index contributed by atoms with van der Waals surface area (Å²) in [5.74, 6) is -0.370. The van der Waals surface area contributed by atoms with Crippen LogP contribution in [0.15, 0.2) is 18.2 Å². The van der Waals surface area contributed by atoms with Crippen molar-refractivity contribution < 1.29 is 14.3 Å². The van der Waals surface area contributed by atoms with E-state index in [0.717, 1.165) is 32.1 Å². The van der Waals surface area contributed by atoms with Gasteiger partial charge in [-0.25, -0.2) is 4.79 Å². The van der Waals surface area contributed by atoms with Crippen molar-refractivity contribution in [1.82, 2.24) is 10.6 Å². The molecular weight excluding hydrogens is 328 g/mol. The van der Waals surface area contributed by atoms with Crippen LogP contribution in [-0.2, 0) is 22.3 Å². The standard InChI is InChI=1S/C21H30N2O3/c1-15(17-7-6-16-4-2-3-5-18(16)14-17)22-20(24)23-19-8-10-21(11-9-19)25-12-13-26-21/h6-7,14-15,19H,2-5,8-13H2,1H3,(H2,22,23,24). The van der Waals surface area contributed by atoms with E-state index in [9.17, 15) is 4.79 Å². The number of fused-ring (bicyclic) bond motifs is 1. The van der Waals surface area contributed by atoms with Gasteiger partial charge in [-0.3, -0.25) is 0 Å². The van der Waals surface area contributed by atoms with Gasteiger partial charge in [0.25, 0.3) is 0 Å². The second-order valence-corrected chi connectivity index (χ2v) is 7.96. The molecular formula is C21H30N2O3. The molecule has 1 aliphatic heterocycles. The van der Waals surface area contributed by atoms with Crippen molar-refractivity contribution >= 4 is 6.03 Å². The molecule has 1 atom stereocenters. The summed E-state index contributed by atoms with van der Waals surface area (Å²) in [5.41, 5.74) is 4.12. The van der Waals surface area contributed by atoms with Crippen LogP contribution < -0.4 is 10.6 Å². The lowest BCUT2D eigenvalue weighted by Crippen LogP contribution is -2.47.